The number of nitrogens with one attached hydrogen (secondary N) is 5. The number of amides is 4. The fraction of sp³-hybridized carbons (Fsp3) is 0.300. The molecular weight excluding hydrogens is 787 g/mol. The summed E-state index contributed by atoms with van der Waals surface area (Å²) in [6, 6.07) is 17.0. The Balaban J connectivity index is -0.000000334. The van der Waals surface area contributed by atoms with E-state index in [0.29, 0.717) is 12.5 Å². The van der Waals surface area contributed by atoms with Crippen molar-refractivity contribution in [1.82, 2.24) is 20.6 Å². The molecular formula is C40H61N7O7S3. The number of aromatic nitrogens is 2. The summed E-state index contributed by atoms with van der Waals surface area (Å²) in [6.45, 7) is 17.6. The maximum atomic E-state index is 11.1. The minimum atomic E-state index is -4.08. The van der Waals surface area contributed by atoms with Crippen molar-refractivity contribution in [3.8, 4) is 0 Å². The van der Waals surface area contributed by atoms with Crippen LogP contribution in [0.3, 0.4) is 0 Å². The third-order valence-corrected chi connectivity index (χ3v) is 8.39. The lowest BCUT2D eigenvalue weighted by Gasteiger charge is -2.23. The number of carbonyl (C=O) groups excluding carboxylic acids is 4. The number of rotatable bonds is 16. The topological polar surface area (TPSA) is 209 Å². The Morgan fingerprint density at radius 3 is 1.61 bits per heavy atom. The van der Waals surface area contributed by atoms with Gasteiger partial charge in [0.15, 0.2) is 0 Å². The number of nitrogens with zero attached hydrogens (tertiary/aromatic N) is 2. The Hall–Kier alpha value is -5.23. The van der Waals surface area contributed by atoms with Crippen molar-refractivity contribution in [2.24, 2.45) is 0 Å². The van der Waals surface area contributed by atoms with E-state index in [0.717, 1.165) is 35.3 Å². The number of carbonyl (C=O) groups is 4. The van der Waals surface area contributed by atoms with E-state index >= 15 is 0 Å². The number of benzene rings is 2. The maximum Gasteiger partial charge on any atom is 0.267 e. The Morgan fingerprint density at radius 1 is 0.754 bits per heavy atom. The van der Waals surface area contributed by atoms with Gasteiger partial charge in [-0.3, -0.25) is 23.7 Å². The predicted molar refractivity (Wildman–Crippen MR) is 242 cm³/mol. The van der Waals surface area contributed by atoms with Crippen molar-refractivity contribution < 1.29 is 32.1 Å². The highest BCUT2D eigenvalue weighted by molar-refractivity contribution is 7.98. The van der Waals surface area contributed by atoms with Gasteiger partial charge in [-0.2, -0.15) is 20.2 Å². The van der Waals surface area contributed by atoms with Crippen molar-refractivity contribution >= 4 is 74.6 Å². The van der Waals surface area contributed by atoms with E-state index in [2.05, 4.69) is 62.9 Å². The number of anilines is 3. The molecule has 0 aliphatic carbocycles. The van der Waals surface area contributed by atoms with E-state index < -0.39 is 27.3 Å². The van der Waals surface area contributed by atoms with Crippen molar-refractivity contribution in [2.75, 3.05) is 46.5 Å². The van der Waals surface area contributed by atoms with Gasteiger partial charge in [-0.1, -0.05) is 60.7 Å². The summed E-state index contributed by atoms with van der Waals surface area (Å²) >= 11 is 3.37. The zero-order valence-electron chi connectivity index (χ0n) is 30.8. The van der Waals surface area contributed by atoms with Crippen molar-refractivity contribution in [3.63, 3.8) is 0 Å². The van der Waals surface area contributed by atoms with Crippen LogP contribution in [0.5, 0.6) is 0 Å². The first-order valence-electron chi connectivity index (χ1n) is 15.9. The highest BCUT2D eigenvalue weighted by Gasteiger charge is 2.25. The summed E-state index contributed by atoms with van der Waals surface area (Å²) in [5.74, 6) is 0.0452. The van der Waals surface area contributed by atoms with Crippen molar-refractivity contribution in [2.45, 2.75) is 53.1 Å². The van der Waals surface area contributed by atoms with E-state index in [1.165, 1.54) is 37.0 Å². The predicted octanol–water partition coefficient (Wildman–Crippen LogP) is 7.26. The van der Waals surface area contributed by atoms with E-state index in [1.807, 2.05) is 61.0 Å². The molecule has 2 aromatic carbocycles. The summed E-state index contributed by atoms with van der Waals surface area (Å²) in [7, 11) is -4.08. The number of hydrogen-bond donors (Lipinski definition) is 6. The molecule has 6 N–H and O–H groups in total. The molecule has 0 unspecified atom stereocenters. The van der Waals surface area contributed by atoms with Gasteiger partial charge in [0.2, 0.25) is 29.6 Å². The fourth-order valence-corrected chi connectivity index (χ4v) is 5.26. The molecule has 14 nitrogen and oxygen atoms in total. The van der Waals surface area contributed by atoms with Crippen LogP contribution in [0.15, 0.2) is 123 Å². The quantitative estimate of drug-likeness (QED) is 0.0364. The zero-order valence-corrected chi connectivity index (χ0v) is 33.3. The second-order valence-electron chi connectivity index (χ2n) is 11.0. The number of hydrogen-bond acceptors (Lipinski definition) is 11. The molecule has 0 aliphatic heterocycles. The van der Waals surface area contributed by atoms with Gasteiger partial charge in [0.25, 0.3) is 10.1 Å². The first kappa shape index (κ1) is 58.5. The summed E-state index contributed by atoms with van der Waals surface area (Å²) in [4.78, 5) is 52.6. The molecule has 0 aliphatic rings. The molecule has 0 saturated heterocycles. The van der Waals surface area contributed by atoms with Crippen molar-refractivity contribution in [1.29, 1.82) is 0 Å². The van der Waals surface area contributed by atoms with Crippen LogP contribution in [-0.4, -0.2) is 82.7 Å². The molecule has 57 heavy (non-hydrogen) atoms. The van der Waals surface area contributed by atoms with E-state index in [-0.39, 0.29) is 40.0 Å². The largest absolute Gasteiger partial charge is 0.352 e. The lowest BCUT2D eigenvalue weighted by atomic mass is 10.1. The van der Waals surface area contributed by atoms with Crippen LogP contribution in [0, 0.1) is 0 Å². The van der Waals surface area contributed by atoms with E-state index in [1.54, 1.807) is 42.0 Å². The third kappa shape index (κ3) is 31.6. The summed E-state index contributed by atoms with van der Waals surface area (Å²) in [5, 5.41) is 13.5. The molecule has 0 radical (unpaired) electrons. The molecule has 316 valence electrons. The van der Waals surface area contributed by atoms with E-state index in [4.69, 9.17) is 4.55 Å². The molecule has 0 saturated carbocycles. The van der Waals surface area contributed by atoms with Gasteiger partial charge in [0.1, 0.15) is 0 Å². The Morgan fingerprint density at radius 2 is 1.21 bits per heavy atom. The van der Waals surface area contributed by atoms with Crippen LogP contribution in [-0.2, 0) is 35.8 Å². The van der Waals surface area contributed by atoms with Crippen molar-refractivity contribution in [3.05, 3.63) is 123 Å². The Kier molecular flexibility index (Phi) is 33.8. The van der Waals surface area contributed by atoms with Crippen LogP contribution in [0.1, 0.15) is 41.7 Å². The van der Waals surface area contributed by atoms with Gasteiger partial charge in [-0.05, 0) is 98.7 Å². The third-order valence-electron chi connectivity index (χ3n) is 5.95. The molecule has 0 fully saturated rings. The monoisotopic (exact) mass is 847 g/mol. The summed E-state index contributed by atoms with van der Waals surface area (Å²) < 4.78 is 29.5. The van der Waals surface area contributed by atoms with Crippen LogP contribution in [0.2, 0.25) is 0 Å². The van der Waals surface area contributed by atoms with E-state index in [9.17, 15) is 27.6 Å². The first-order chi connectivity index (χ1) is 25.5. The molecule has 3 aromatic rings. The number of thioether (sulfide) groups is 2. The van der Waals surface area contributed by atoms with Gasteiger partial charge in [-0.25, -0.2) is 9.97 Å². The van der Waals surface area contributed by atoms with Gasteiger partial charge >= 0.3 is 0 Å². The fourth-order valence-electron chi connectivity index (χ4n) is 3.56. The molecule has 1 heterocycles. The normalized spacial score (nSPS) is 9.49. The summed E-state index contributed by atoms with van der Waals surface area (Å²) in [5.41, 5.74) is 1.61. The molecule has 17 heteroatoms. The Bertz CT molecular complexity index is 1760. The second kappa shape index (κ2) is 33.0. The average molecular weight is 848 g/mol. The maximum absolute atomic E-state index is 11.1. The summed E-state index contributed by atoms with van der Waals surface area (Å²) in [6.07, 6.45) is 12.2. The van der Waals surface area contributed by atoms with Crippen LogP contribution in [0.4, 0.5) is 17.3 Å². The second-order valence-corrected chi connectivity index (χ2v) is 14.3. The standard InChI is InChI=1S/C14H14N4O.C10H11NOS.C7H13NO4S.C6H11NOS.3CH4/c1-2-13(19)18-12-6-4-11(5-7-12)10-17-14-15-8-3-9-16-14;1-3-10(12)11-8-4-6-9(13-2)7-5-8;1-4-6(9)8-7(2,3)5-13(10,11)12;1-3-6(8)7-4-5-9-2;;;/h2-9H,1,10H2,(H,18,19)(H,15,16,17);3-7H,1H2,2H3,(H,11,12);4H,1,5H2,2-3H3,(H,8,9)(H,10,11,12);3H,1,4-5H2,2H3,(H,7,8);3*1H4. The smallest absolute Gasteiger partial charge is 0.267 e. The average Bonchev–Trinajstić information content (AvgIpc) is 3.14. The van der Waals surface area contributed by atoms with Crippen LogP contribution < -0.4 is 26.6 Å². The van der Waals surface area contributed by atoms with Gasteiger partial charge in [0, 0.05) is 47.5 Å². The molecule has 0 bridgehead atoms. The lowest BCUT2D eigenvalue weighted by Crippen LogP contribution is -2.47. The first-order valence-corrected chi connectivity index (χ1v) is 20.1. The minimum absolute atomic E-state index is 0. The zero-order chi connectivity index (χ0) is 41.0. The van der Waals surface area contributed by atoms with Gasteiger partial charge in [-0.15, -0.1) is 11.8 Å². The van der Waals surface area contributed by atoms with Gasteiger partial charge < -0.3 is 26.6 Å². The molecule has 4 amide bonds. The van der Waals surface area contributed by atoms with Gasteiger partial charge in [0.05, 0.1) is 11.3 Å². The molecule has 0 spiro atoms. The minimum Gasteiger partial charge on any atom is -0.352 e. The molecule has 3 rings (SSSR count). The van der Waals surface area contributed by atoms with Crippen LogP contribution in [0.25, 0.3) is 0 Å². The molecule has 0 atom stereocenters. The van der Waals surface area contributed by atoms with Crippen LogP contribution >= 0.6 is 23.5 Å². The highest BCUT2D eigenvalue weighted by Crippen LogP contribution is 2.17. The Labute approximate surface area is 348 Å². The lowest BCUT2D eigenvalue weighted by molar-refractivity contribution is -0.118. The highest BCUT2D eigenvalue weighted by atomic mass is 32.2. The SMILES string of the molecule is C.C.C.C=CC(=O)NC(C)(C)CS(=O)(=O)O.C=CC(=O)NCCSC.C=CC(=O)Nc1ccc(CNc2ncccn2)cc1.C=CC(=O)Nc1ccc(SC)cc1. The molecule has 1 aromatic heterocycles.